The largest absolute Gasteiger partial charge is 0.372 e. The third-order valence-corrected chi connectivity index (χ3v) is 4.69. The molecule has 0 bridgehead atoms. The first kappa shape index (κ1) is 14.2. The van der Waals surface area contributed by atoms with Gasteiger partial charge in [-0.25, -0.2) is 9.78 Å². The van der Waals surface area contributed by atoms with Crippen LogP contribution in [0.2, 0.25) is 5.02 Å². The van der Waals surface area contributed by atoms with Crippen LogP contribution < -0.4 is 11.0 Å². The number of rotatable bonds is 2. The van der Waals surface area contributed by atoms with E-state index in [1.807, 2.05) is 24.3 Å². The Hall–Kier alpha value is -2.44. The molecule has 5 nitrogen and oxygen atoms in total. The van der Waals surface area contributed by atoms with Gasteiger partial charge >= 0.3 is 5.69 Å². The van der Waals surface area contributed by atoms with Gasteiger partial charge in [-0.05, 0) is 36.4 Å². The number of fused-ring (bicyclic) bond motifs is 2. The highest BCUT2D eigenvalue weighted by molar-refractivity contribution is 7.16. The second-order valence-corrected chi connectivity index (χ2v) is 6.32. The average molecular weight is 343 g/mol. The standard InChI is InChI=1S/C16H11ClN4OS/c1-18-15-11-4-2-9(17)6-13(11)21(16(22)20-15)10-3-5-12-14(7-10)23-8-19-12/h2-8H,1H3,(H,18,20,22). The summed E-state index contributed by atoms with van der Waals surface area (Å²) in [6, 6.07) is 11.1. The van der Waals surface area contributed by atoms with Gasteiger partial charge in [0.2, 0.25) is 0 Å². The molecule has 0 aliphatic rings. The Kier molecular flexibility index (Phi) is 3.28. The van der Waals surface area contributed by atoms with Crippen LogP contribution in [-0.4, -0.2) is 21.6 Å². The van der Waals surface area contributed by atoms with Gasteiger partial charge in [-0.1, -0.05) is 11.6 Å². The van der Waals surface area contributed by atoms with Crippen molar-refractivity contribution >= 4 is 49.9 Å². The van der Waals surface area contributed by atoms with Gasteiger partial charge in [-0.2, -0.15) is 4.98 Å². The van der Waals surface area contributed by atoms with Crippen LogP contribution in [0.3, 0.4) is 0 Å². The lowest BCUT2D eigenvalue weighted by Crippen LogP contribution is -2.23. The molecule has 2 aromatic heterocycles. The Morgan fingerprint density at radius 1 is 1.22 bits per heavy atom. The summed E-state index contributed by atoms with van der Waals surface area (Å²) in [6.07, 6.45) is 0. The summed E-state index contributed by atoms with van der Waals surface area (Å²) < 4.78 is 2.59. The predicted octanol–water partition coefficient (Wildman–Crippen LogP) is 3.69. The number of nitrogens with one attached hydrogen (secondary N) is 1. The summed E-state index contributed by atoms with van der Waals surface area (Å²) in [6.45, 7) is 0. The van der Waals surface area contributed by atoms with Crippen molar-refractivity contribution in [1.82, 2.24) is 14.5 Å². The van der Waals surface area contributed by atoms with Crippen LogP contribution in [0.25, 0.3) is 26.8 Å². The van der Waals surface area contributed by atoms with Gasteiger partial charge in [0.25, 0.3) is 0 Å². The summed E-state index contributed by atoms with van der Waals surface area (Å²) in [5.74, 6) is 0.539. The first-order chi connectivity index (χ1) is 11.2. The van der Waals surface area contributed by atoms with Gasteiger partial charge in [-0.3, -0.25) is 4.57 Å². The third kappa shape index (κ3) is 2.27. The van der Waals surface area contributed by atoms with Gasteiger partial charge in [0.1, 0.15) is 5.82 Å². The fourth-order valence-electron chi connectivity index (χ4n) is 2.62. The van der Waals surface area contributed by atoms with E-state index in [1.54, 1.807) is 29.3 Å². The van der Waals surface area contributed by atoms with Crippen molar-refractivity contribution in [3.63, 3.8) is 0 Å². The van der Waals surface area contributed by atoms with Crippen LogP contribution in [0.1, 0.15) is 0 Å². The third-order valence-electron chi connectivity index (χ3n) is 3.66. The highest BCUT2D eigenvalue weighted by atomic mass is 35.5. The van der Waals surface area contributed by atoms with Crippen LogP contribution in [-0.2, 0) is 0 Å². The highest BCUT2D eigenvalue weighted by Gasteiger charge is 2.12. The number of thiazole rings is 1. The topological polar surface area (TPSA) is 59.8 Å². The van der Waals surface area contributed by atoms with E-state index in [9.17, 15) is 4.79 Å². The molecule has 2 aromatic carbocycles. The average Bonchev–Trinajstić information content (AvgIpc) is 3.01. The van der Waals surface area contributed by atoms with Gasteiger partial charge < -0.3 is 5.32 Å². The molecule has 0 fully saturated rings. The first-order valence-electron chi connectivity index (χ1n) is 6.91. The summed E-state index contributed by atoms with van der Waals surface area (Å²) in [5, 5.41) is 4.36. The molecular formula is C16H11ClN4OS. The lowest BCUT2D eigenvalue weighted by atomic mass is 10.2. The van der Waals surface area contributed by atoms with Gasteiger partial charge in [0, 0.05) is 17.5 Å². The molecule has 4 rings (SSSR count). The van der Waals surface area contributed by atoms with E-state index in [4.69, 9.17) is 11.6 Å². The van der Waals surface area contributed by atoms with Crippen molar-refractivity contribution in [2.45, 2.75) is 0 Å². The maximum atomic E-state index is 12.6. The Balaban J connectivity index is 2.11. The van der Waals surface area contributed by atoms with E-state index < -0.39 is 0 Å². The van der Waals surface area contributed by atoms with E-state index in [-0.39, 0.29) is 5.69 Å². The number of hydrogen-bond acceptors (Lipinski definition) is 5. The van der Waals surface area contributed by atoms with E-state index in [0.717, 1.165) is 21.3 Å². The summed E-state index contributed by atoms with van der Waals surface area (Å²) in [4.78, 5) is 21.0. The van der Waals surface area contributed by atoms with E-state index in [0.29, 0.717) is 16.4 Å². The lowest BCUT2D eigenvalue weighted by molar-refractivity contribution is 0.963. The van der Waals surface area contributed by atoms with E-state index in [1.165, 1.54) is 11.3 Å². The number of anilines is 1. The maximum absolute atomic E-state index is 12.6. The highest BCUT2D eigenvalue weighted by Crippen LogP contribution is 2.27. The smallest absolute Gasteiger partial charge is 0.354 e. The van der Waals surface area contributed by atoms with Crippen molar-refractivity contribution in [3.05, 3.63) is 57.4 Å². The molecular weight excluding hydrogens is 332 g/mol. The molecule has 0 saturated carbocycles. The molecule has 0 amide bonds. The van der Waals surface area contributed by atoms with Crippen LogP contribution >= 0.6 is 22.9 Å². The van der Waals surface area contributed by atoms with Crippen molar-refractivity contribution in [3.8, 4) is 5.69 Å². The summed E-state index contributed by atoms with van der Waals surface area (Å²) in [5.41, 5.74) is 3.80. The summed E-state index contributed by atoms with van der Waals surface area (Å²) in [7, 11) is 1.74. The zero-order valence-electron chi connectivity index (χ0n) is 12.1. The number of halogens is 1. The van der Waals surface area contributed by atoms with Gasteiger partial charge in [0.15, 0.2) is 0 Å². The molecule has 0 spiro atoms. The molecule has 0 atom stereocenters. The normalized spacial score (nSPS) is 11.2. The Bertz CT molecular complexity index is 1100. The van der Waals surface area contributed by atoms with Crippen molar-refractivity contribution in [2.24, 2.45) is 0 Å². The maximum Gasteiger partial charge on any atom is 0.354 e. The number of hydrogen-bond donors (Lipinski definition) is 1. The Morgan fingerprint density at radius 3 is 2.91 bits per heavy atom. The lowest BCUT2D eigenvalue weighted by Gasteiger charge is -2.12. The molecule has 114 valence electrons. The Morgan fingerprint density at radius 2 is 2.09 bits per heavy atom. The molecule has 0 aliphatic carbocycles. The van der Waals surface area contributed by atoms with Crippen LogP contribution in [0.5, 0.6) is 0 Å². The second kappa shape index (κ2) is 5.33. The van der Waals surface area contributed by atoms with Crippen molar-refractivity contribution < 1.29 is 0 Å². The minimum Gasteiger partial charge on any atom is -0.372 e. The minimum atomic E-state index is -0.354. The second-order valence-electron chi connectivity index (χ2n) is 4.99. The van der Waals surface area contributed by atoms with Gasteiger partial charge in [-0.15, -0.1) is 11.3 Å². The number of benzene rings is 2. The van der Waals surface area contributed by atoms with Crippen LogP contribution in [0.4, 0.5) is 5.82 Å². The Labute approximate surface area is 140 Å². The molecule has 2 heterocycles. The minimum absolute atomic E-state index is 0.354. The molecule has 0 saturated heterocycles. The van der Waals surface area contributed by atoms with Crippen molar-refractivity contribution in [1.29, 1.82) is 0 Å². The van der Waals surface area contributed by atoms with E-state index >= 15 is 0 Å². The molecule has 4 aromatic rings. The molecule has 0 radical (unpaired) electrons. The summed E-state index contributed by atoms with van der Waals surface area (Å²) >= 11 is 7.67. The molecule has 23 heavy (non-hydrogen) atoms. The van der Waals surface area contributed by atoms with E-state index in [2.05, 4.69) is 15.3 Å². The van der Waals surface area contributed by atoms with Crippen LogP contribution in [0, 0.1) is 0 Å². The molecule has 0 aliphatic heterocycles. The number of aromatic nitrogens is 3. The zero-order chi connectivity index (χ0) is 16.0. The van der Waals surface area contributed by atoms with Crippen molar-refractivity contribution in [2.75, 3.05) is 12.4 Å². The van der Waals surface area contributed by atoms with Crippen LogP contribution in [0.15, 0.2) is 46.7 Å². The molecule has 0 unspecified atom stereocenters. The quantitative estimate of drug-likeness (QED) is 0.603. The predicted molar refractivity (Wildman–Crippen MR) is 95.1 cm³/mol. The number of nitrogens with zero attached hydrogens (tertiary/aromatic N) is 3. The van der Waals surface area contributed by atoms with Gasteiger partial charge in [0.05, 0.1) is 26.9 Å². The fourth-order valence-corrected chi connectivity index (χ4v) is 3.50. The molecule has 1 N–H and O–H groups in total. The molecule has 7 heteroatoms. The zero-order valence-corrected chi connectivity index (χ0v) is 13.6. The first-order valence-corrected chi connectivity index (χ1v) is 8.17. The SMILES string of the molecule is CNc1nc(=O)n(-c2ccc3ncsc3c2)c2cc(Cl)ccc12. The monoisotopic (exact) mass is 342 g/mol. The fraction of sp³-hybridized carbons (Fsp3) is 0.0625.